The normalized spacial score (nSPS) is 18.7. The first-order chi connectivity index (χ1) is 17.8. The first-order valence-electron chi connectivity index (χ1n) is 11.8. The molecule has 1 aliphatic heterocycles. The van der Waals surface area contributed by atoms with Crippen LogP contribution in [-0.4, -0.2) is 46.2 Å². The van der Waals surface area contributed by atoms with Crippen molar-refractivity contribution in [1.29, 1.82) is 0 Å². The standard InChI is InChI=1S/C27H27N3O7/c1-17(31)35-16-22-14-23(36-18(2)32)26(37-22)30-15-21(13-19-9-5-3-6-10-19)24(29-27(30)34)28-25(33)20-11-7-4-8-12-20/h3-12,15,22-23,26H,13-14,16H2,1-2H3,(H,28,29,33,34)/t22-,23+,26+/m0/s1. The minimum Gasteiger partial charge on any atom is -0.463 e. The highest BCUT2D eigenvalue weighted by atomic mass is 16.6. The van der Waals surface area contributed by atoms with Gasteiger partial charge in [0, 0.05) is 44.0 Å². The largest absolute Gasteiger partial charge is 0.463 e. The molecule has 37 heavy (non-hydrogen) atoms. The fourth-order valence-electron chi connectivity index (χ4n) is 4.11. The molecular weight excluding hydrogens is 478 g/mol. The van der Waals surface area contributed by atoms with Gasteiger partial charge in [0.2, 0.25) is 0 Å². The van der Waals surface area contributed by atoms with Crippen LogP contribution in [0.3, 0.4) is 0 Å². The molecule has 1 N–H and O–H groups in total. The molecule has 1 amide bonds. The Morgan fingerprint density at radius 2 is 1.70 bits per heavy atom. The van der Waals surface area contributed by atoms with Crippen LogP contribution in [0, 0.1) is 0 Å². The van der Waals surface area contributed by atoms with Crippen LogP contribution in [0.4, 0.5) is 5.82 Å². The zero-order valence-corrected chi connectivity index (χ0v) is 20.5. The van der Waals surface area contributed by atoms with Crippen LogP contribution in [0.1, 0.15) is 48.0 Å². The van der Waals surface area contributed by atoms with Crippen LogP contribution >= 0.6 is 0 Å². The third-order valence-corrected chi connectivity index (χ3v) is 5.74. The summed E-state index contributed by atoms with van der Waals surface area (Å²) < 4.78 is 17.7. The Labute approximate surface area is 213 Å². The van der Waals surface area contributed by atoms with E-state index in [1.54, 1.807) is 36.5 Å². The fourth-order valence-corrected chi connectivity index (χ4v) is 4.11. The predicted octanol–water partition coefficient (Wildman–Crippen LogP) is 2.87. The van der Waals surface area contributed by atoms with E-state index in [0.717, 1.165) is 5.56 Å². The molecule has 0 radical (unpaired) electrons. The number of carbonyl (C=O) groups is 3. The predicted molar refractivity (Wildman–Crippen MR) is 133 cm³/mol. The van der Waals surface area contributed by atoms with Gasteiger partial charge < -0.3 is 19.5 Å². The van der Waals surface area contributed by atoms with Crippen molar-refractivity contribution < 1.29 is 28.6 Å². The molecule has 0 bridgehead atoms. The maximum Gasteiger partial charge on any atom is 0.351 e. The Kier molecular flexibility index (Phi) is 8.09. The van der Waals surface area contributed by atoms with E-state index in [4.69, 9.17) is 14.2 Å². The van der Waals surface area contributed by atoms with Gasteiger partial charge in [0.05, 0.1) is 6.10 Å². The second-order valence-electron chi connectivity index (χ2n) is 8.62. The van der Waals surface area contributed by atoms with Crippen molar-refractivity contribution in [2.24, 2.45) is 0 Å². The zero-order chi connectivity index (χ0) is 26.4. The molecule has 10 heteroatoms. The maximum absolute atomic E-state index is 13.1. The van der Waals surface area contributed by atoms with Crippen LogP contribution in [-0.2, 0) is 30.2 Å². The van der Waals surface area contributed by atoms with Gasteiger partial charge in [-0.1, -0.05) is 48.5 Å². The number of nitrogens with zero attached hydrogens (tertiary/aromatic N) is 2. The third-order valence-electron chi connectivity index (χ3n) is 5.74. The summed E-state index contributed by atoms with van der Waals surface area (Å²) in [5.74, 6) is -1.30. The number of hydrogen-bond donors (Lipinski definition) is 1. The van der Waals surface area contributed by atoms with Gasteiger partial charge in [-0.15, -0.1) is 0 Å². The Hall–Kier alpha value is -4.31. The summed E-state index contributed by atoms with van der Waals surface area (Å²) in [5.41, 5.74) is 1.21. The van der Waals surface area contributed by atoms with Crippen LogP contribution < -0.4 is 11.0 Å². The third kappa shape index (κ3) is 6.68. The van der Waals surface area contributed by atoms with Crippen molar-refractivity contribution in [3.63, 3.8) is 0 Å². The number of amides is 1. The van der Waals surface area contributed by atoms with Crippen molar-refractivity contribution in [2.45, 2.75) is 45.1 Å². The molecule has 2 heterocycles. The number of benzene rings is 2. The lowest BCUT2D eigenvalue weighted by Gasteiger charge is -2.22. The maximum atomic E-state index is 13.1. The van der Waals surface area contributed by atoms with E-state index in [2.05, 4.69) is 10.3 Å². The van der Waals surface area contributed by atoms with E-state index in [0.29, 0.717) is 17.5 Å². The molecule has 4 rings (SSSR count). The molecule has 2 aromatic carbocycles. The van der Waals surface area contributed by atoms with Crippen LogP contribution in [0.25, 0.3) is 0 Å². The molecule has 0 aliphatic carbocycles. The number of ether oxygens (including phenoxy) is 3. The summed E-state index contributed by atoms with van der Waals surface area (Å²) in [5, 5.41) is 2.74. The smallest absolute Gasteiger partial charge is 0.351 e. The average Bonchev–Trinajstić information content (AvgIpc) is 3.27. The number of rotatable bonds is 8. The molecular formula is C27H27N3O7. The van der Waals surface area contributed by atoms with Gasteiger partial charge in [-0.05, 0) is 17.7 Å². The van der Waals surface area contributed by atoms with Gasteiger partial charge in [0.25, 0.3) is 5.91 Å². The van der Waals surface area contributed by atoms with Crippen LogP contribution in [0.2, 0.25) is 0 Å². The number of aromatic nitrogens is 2. The Bertz CT molecular complexity index is 1320. The van der Waals surface area contributed by atoms with E-state index in [9.17, 15) is 19.2 Å². The van der Waals surface area contributed by atoms with E-state index in [1.165, 1.54) is 18.4 Å². The van der Waals surface area contributed by atoms with E-state index in [1.807, 2.05) is 30.3 Å². The second-order valence-corrected chi connectivity index (χ2v) is 8.62. The van der Waals surface area contributed by atoms with Gasteiger partial charge in [0.1, 0.15) is 18.5 Å². The van der Waals surface area contributed by atoms with Crippen LogP contribution in [0.15, 0.2) is 71.7 Å². The van der Waals surface area contributed by atoms with Crippen LogP contribution in [0.5, 0.6) is 0 Å². The molecule has 1 aromatic heterocycles. The monoisotopic (exact) mass is 505 g/mol. The minimum absolute atomic E-state index is 0.0478. The molecule has 1 aliphatic rings. The number of esters is 2. The van der Waals surface area contributed by atoms with Crippen molar-refractivity contribution in [1.82, 2.24) is 9.55 Å². The molecule has 192 valence electrons. The van der Waals surface area contributed by atoms with Gasteiger partial charge in [0.15, 0.2) is 6.23 Å². The van der Waals surface area contributed by atoms with E-state index < -0.39 is 42.0 Å². The van der Waals surface area contributed by atoms with Crippen molar-refractivity contribution in [3.05, 3.63) is 94.0 Å². The zero-order valence-electron chi connectivity index (χ0n) is 20.5. The molecule has 3 aromatic rings. The fraction of sp³-hybridized carbons (Fsp3) is 0.296. The van der Waals surface area contributed by atoms with Gasteiger partial charge in [-0.3, -0.25) is 19.0 Å². The second kappa shape index (κ2) is 11.6. The first-order valence-corrected chi connectivity index (χ1v) is 11.8. The summed E-state index contributed by atoms with van der Waals surface area (Å²) in [6.07, 6.45) is -0.228. The lowest BCUT2D eigenvalue weighted by Crippen LogP contribution is -2.35. The molecule has 0 saturated carbocycles. The van der Waals surface area contributed by atoms with Crippen molar-refractivity contribution in [3.8, 4) is 0 Å². The summed E-state index contributed by atoms with van der Waals surface area (Å²) in [6, 6.07) is 18.1. The number of nitrogens with one attached hydrogen (secondary N) is 1. The highest BCUT2D eigenvalue weighted by molar-refractivity contribution is 6.04. The summed E-state index contributed by atoms with van der Waals surface area (Å²) >= 11 is 0. The average molecular weight is 506 g/mol. The molecule has 0 unspecified atom stereocenters. The first kappa shape index (κ1) is 25.8. The summed E-state index contributed by atoms with van der Waals surface area (Å²) in [7, 11) is 0. The topological polar surface area (TPSA) is 126 Å². The summed E-state index contributed by atoms with van der Waals surface area (Å²) in [4.78, 5) is 53.1. The lowest BCUT2D eigenvalue weighted by molar-refractivity contribution is -0.153. The molecule has 1 saturated heterocycles. The Morgan fingerprint density at radius 1 is 1.03 bits per heavy atom. The highest BCUT2D eigenvalue weighted by Crippen LogP contribution is 2.31. The molecule has 10 nitrogen and oxygen atoms in total. The molecule has 1 fully saturated rings. The van der Waals surface area contributed by atoms with E-state index >= 15 is 0 Å². The SMILES string of the molecule is CC(=O)OC[C@@H]1C[C@@H](OC(C)=O)[C@H](n2cc(Cc3ccccc3)c(NC(=O)c3ccccc3)nc2=O)O1. The summed E-state index contributed by atoms with van der Waals surface area (Å²) in [6.45, 7) is 2.50. The molecule has 3 atom stereocenters. The van der Waals surface area contributed by atoms with Crippen molar-refractivity contribution in [2.75, 3.05) is 11.9 Å². The van der Waals surface area contributed by atoms with Gasteiger partial charge >= 0.3 is 17.6 Å². The molecule has 0 spiro atoms. The van der Waals surface area contributed by atoms with Crippen molar-refractivity contribution >= 4 is 23.7 Å². The quantitative estimate of drug-likeness (QED) is 0.463. The Balaban J connectivity index is 1.69. The minimum atomic E-state index is -0.988. The lowest BCUT2D eigenvalue weighted by atomic mass is 10.1. The highest BCUT2D eigenvalue weighted by Gasteiger charge is 2.40. The Morgan fingerprint density at radius 3 is 2.35 bits per heavy atom. The number of carbonyl (C=O) groups excluding carboxylic acids is 3. The number of anilines is 1. The number of hydrogen-bond acceptors (Lipinski definition) is 8. The van der Waals surface area contributed by atoms with Gasteiger partial charge in [-0.2, -0.15) is 4.98 Å². The van der Waals surface area contributed by atoms with Gasteiger partial charge in [-0.25, -0.2) is 4.79 Å². The van der Waals surface area contributed by atoms with E-state index in [-0.39, 0.29) is 18.8 Å².